The van der Waals surface area contributed by atoms with Crippen molar-refractivity contribution in [1.82, 2.24) is 14.5 Å². The molecule has 0 unspecified atom stereocenters. The molecule has 2 N–H and O–H groups in total. The number of hydrogen-bond donors (Lipinski definition) is 1. The van der Waals surface area contributed by atoms with Crippen molar-refractivity contribution in [3.05, 3.63) is 39.7 Å². The smallest absolute Gasteiger partial charge is 0.430 e. The number of aromatic nitrogens is 3. The second-order valence-corrected chi connectivity index (χ2v) is 7.19. The van der Waals surface area contributed by atoms with E-state index < -0.39 is 23.8 Å². The Labute approximate surface area is 180 Å². The zero-order valence-corrected chi connectivity index (χ0v) is 17.0. The Bertz CT molecular complexity index is 1240. The molecular formula is C19H17ClN4O7. The van der Waals surface area contributed by atoms with Crippen LogP contribution in [-0.2, 0) is 20.8 Å². The van der Waals surface area contributed by atoms with E-state index in [1.165, 1.54) is 6.92 Å². The highest BCUT2D eigenvalue weighted by molar-refractivity contribution is 6.28. The van der Waals surface area contributed by atoms with Crippen LogP contribution >= 0.6 is 11.6 Å². The fourth-order valence-electron chi connectivity index (χ4n) is 3.29. The van der Waals surface area contributed by atoms with Crippen LogP contribution in [0.5, 0.6) is 0 Å². The van der Waals surface area contributed by atoms with Gasteiger partial charge in [0.1, 0.15) is 24.3 Å². The molecule has 1 aliphatic rings. The van der Waals surface area contributed by atoms with Gasteiger partial charge in [0.2, 0.25) is 5.28 Å². The molecule has 0 aromatic carbocycles. The molecule has 3 aromatic rings. The summed E-state index contributed by atoms with van der Waals surface area (Å²) in [5.41, 5.74) is 5.24. The lowest BCUT2D eigenvalue weighted by Crippen LogP contribution is -2.34. The first-order chi connectivity index (χ1) is 14.8. The van der Waals surface area contributed by atoms with Crippen molar-refractivity contribution < 1.29 is 27.8 Å². The van der Waals surface area contributed by atoms with Gasteiger partial charge in [0.05, 0.1) is 5.39 Å². The highest BCUT2D eigenvalue weighted by Crippen LogP contribution is 2.38. The molecule has 162 valence electrons. The van der Waals surface area contributed by atoms with E-state index >= 15 is 0 Å². The largest absolute Gasteiger partial charge is 0.519 e. The van der Waals surface area contributed by atoms with Gasteiger partial charge in [-0.2, -0.15) is 4.98 Å². The second-order valence-electron chi connectivity index (χ2n) is 6.85. The molecule has 0 spiro atoms. The lowest BCUT2D eigenvalue weighted by Gasteiger charge is -2.23. The Hall–Kier alpha value is -3.49. The number of halogens is 1. The molecule has 2 atom stereocenters. The summed E-state index contributed by atoms with van der Waals surface area (Å²) in [7, 11) is 0. The monoisotopic (exact) mass is 448 g/mol. The van der Waals surface area contributed by atoms with Gasteiger partial charge in [0.25, 0.3) is 0 Å². The maximum Gasteiger partial charge on any atom is 0.519 e. The molecule has 12 heteroatoms. The Kier molecular flexibility index (Phi) is 5.34. The Morgan fingerprint density at radius 2 is 2.26 bits per heavy atom. The van der Waals surface area contributed by atoms with Crippen molar-refractivity contribution in [3.8, 4) is 12.3 Å². The van der Waals surface area contributed by atoms with Gasteiger partial charge < -0.3 is 33.3 Å². The number of anilines is 1. The fraction of sp³-hybridized carbons (Fsp3) is 0.368. The molecule has 1 fully saturated rings. The zero-order chi connectivity index (χ0) is 22.2. The normalized spacial score (nSPS) is 20.6. The molecule has 4 rings (SSSR count). The number of nitrogen functional groups attached to an aromatic ring is 1. The maximum absolute atomic E-state index is 11.9. The van der Waals surface area contributed by atoms with Crippen LogP contribution in [0.15, 0.2) is 25.9 Å². The topological polar surface area (TPSA) is 145 Å². The Balaban J connectivity index is 1.40. The lowest BCUT2D eigenvalue weighted by molar-refractivity contribution is -0.0740. The molecule has 0 radical (unpaired) electrons. The number of rotatable bonds is 5. The van der Waals surface area contributed by atoms with Gasteiger partial charge in [-0.3, -0.25) is 0 Å². The first-order valence-electron chi connectivity index (χ1n) is 9.14. The summed E-state index contributed by atoms with van der Waals surface area (Å²) in [5, 5.41) is 0.646. The van der Waals surface area contributed by atoms with Crippen molar-refractivity contribution in [2.45, 2.75) is 38.2 Å². The van der Waals surface area contributed by atoms with Crippen LogP contribution in [0.4, 0.5) is 10.6 Å². The van der Waals surface area contributed by atoms with Crippen molar-refractivity contribution >= 4 is 34.6 Å². The molecule has 0 amide bonds. The third-order valence-electron chi connectivity index (χ3n) is 4.88. The zero-order valence-electron chi connectivity index (χ0n) is 16.3. The summed E-state index contributed by atoms with van der Waals surface area (Å²) in [6, 6.07) is 1.75. The average molecular weight is 449 g/mol. The van der Waals surface area contributed by atoms with Gasteiger partial charge in [0.15, 0.2) is 23.7 Å². The van der Waals surface area contributed by atoms with Gasteiger partial charge in [0, 0.05) is 6.20 Å². The number of nitrogens with two attached hydrogens (primary N) is 1. The van der Waals surface area contributed by atoms with E-state index in [2.05, 4.69) is 20.3 Å². The third kappa shape index (κ3) is 4.08. The van der Waals surface area contributed by atoms with Crippen LogP contribution in [-0.4, -0.2) is 32.9 Å². The number of carbonyl (C=O) groups excluding carboxylic acids is 1. The predicted molar refractivity (Wildman–Crippen MR) is 106 cm³/mol. The number of aryl methyl sites for hydroxylation is 1. The van der Waals surface area contributed by atoms with Crippen molar-refractivity contribution in [2.75, 3.05) is 12.3 Å². The molecule has 3 aromatic heterocycles. The number of fused-ring (bicyclic) bond motifs is 1. The molecule has 11 nitrogen and oxygen atoms in total. The van der Waals surface area contributed by atoms with Crippen molar-refractivity contribution in [1.29, 1.82) is 0 Å². The first-order valence-corrected chi connectivity index (χ1v) is 9.52. The van der Waals surface area contributed by atoms with Crippen LogP contribution in [0.2, 0.25) is 5.28 Å². The van der Waals surface area contributed by atoms with Gasteiger partial charge in [-0.05, 0) is 37.4 Å². The highest BCUT2D eigenvalue weighted by atomic mass is 35.5. The van der Waals surface area contributed by atoms with Crippen LogP contribution < -0.4 is 11.6 Å². The van der Waals surface area contributed by atoms with Gasteiger partial charge >= 0.3 is 12.0 Å². The standard InChI is InChI=1S/C19H17ClN4O7/c1-3-19(9-28-17(25)27-8-12-10(2)29-18(26)30-12)6-4-13(31-19)24-7-5-11-14(21)22-16(20)23-15(11)24/h1,5,7,13H,4,6,8-9H2,2H3,(H2,21,22,23)/t13-,19+/m1/s1. The van der Waals surface area contributed by atoms with Crippen molar-refractivity contribution in [2.24, 2.45) is 0 Å². The summed E-state index contributed by atoms with van der Waals surface area (Å²) in [6.07, 6.45) is 6.91. The summed E-state index contributed by atoms with van der Waals surface area (Å²) < 4.78 is 27.3. The molecule has 0 aliphatic carbocycles. The molecule has 4 heterocycles. The number of nitrogens with zero attached hydrogens (tertiary/aromatic N) is 3. The quantitative estimate of drug-likeness (QED) is 0.351. The van der Waals surface area contributed by atoms with Crippen LogP contribution in [0.25, 0.3) is 11.0 Å². The minimum absolute atomic E-state index is 0.0148. The van der Waals surface area contributed by atoms with E-state index in [-0.39, 0.29) is 35.8 Å². The number of terminal acetylenes is 1. The summed E-state index contributed by atoms with van der Waals surface area (Å²) in [6.45, 7) is 0.954. The van der Waals surface area contributed by atoms with Gasteiger partial charge in [-0.25, -0.2) is 14.6 Å². The second kappa shape index (κ2) is 7.98. The van der Waals surface area contributed by atoms with Crippen LogP contribution in [0.1, 0.15) is 30.6 Å². The fourth-order valence-corrected chi connectivity index (χ4v) is 3.47. The minimum Gasteiger partial charge on any atom is -0.430 e. The summed E-state index contributed by atoms with van der Waals surface area (Å²) in [5.74, 6) is 2.23. The summed E-state index contributed by atoms with van der Waals surface area (Å²) in [4.78, 5) is 31.1. The van der Waals surface area contributed by atoms with Crippen LogP contribution in [0, 0.1) is 19.3 Å². The number of hydrogen-bond acceptors (Lipinski definition) is 10. The van der Waals surface area contributed by atoms with E-state index in [4.69, 9.17) is 42.4 Å². The molecule has 1 saturated heterocycles. The average Bonchev–Trinajstić information content (AvgIpc) is 3.42. The molecule has 1 aliphatic heterocycles. The summed E-state index contributed by atoms with van der Waals surface area (Å²) >= 11 is 5.92. The molecular weight excluding hydrogens is 432 g/mol. The van der Waals surface area contributed by atoms with Crippen LogP contribution in [0.3, 0.4) is 0 Å². The number of ether oxygens (including phenoxy) is 3. The van der Waals surface area contributed by atoms with E-state index in [9.17, 15) is 9.59 Å². The van der Waals surface area contributed by atoms with E-state index in [0.717, 1.165) is 0 Å². The van der Waals surface area contributed by atoms with Gasteiger partial charge in [-0.15, -0.1) is 6.42 Å². The van der Waals surface area contributed by atoms with Gasteiger partial charge in [-0.1, -0.05) is 5.92 Å². The third-order valence-corrected chi connectivity index (χ3v) is 5.05. The molecule has 0 saturated carbocycles. The van der Waals surface area contributed by atoms with E-state index in [1.54, 1.807) is 16.8 Å². The highest BCUT2D eigenvalue weighted by Gasteiger charge is 2.41. The lowest BCUT2D eigenvalue weighted by atomic mass is 10.0. The Morgan fingerprint density at radius 3 is 2.97 bits per heavy atom. The number of carbonyl (C=O) groups is 1. The molecule has 31 heavy (non-hydrogen) atoms. The molecule has 0 bridgehead atoms. The minimum atomic E-state index is -1.15. The predicted octanol–water partition coefficient (Wildman–Crippen LogP) is 2.56. The Morgan fingerprint density at radius 1 is 1.45 bits per heavy atom. The van der Waals surface area contributed by atoms with E-state index in [1.807, 2.05) is 0 Å². The first kappa shape index (κ1) is 20.8. The van der Waals surface area contributed by atoms with Crippen molar-refractivity contribution in [3.63, 3.8) is 0 Å². The maximum atomic E-state index is 11.9. The van der Waals surface area contributed by atoms with E-state index in [0.29, 0.717) is 23.9 Å². The SMILES string of the molecule is C#C[C@@]1(COC(=O)OCc2oc(=O)oc2C)CC[C@H](n2ccc3c(N)nc(Cl)nc32)O1.